The van der Waals surface area contributed by atoms with Gasteiger partial charge in [-0.05, 0) is 53.6 Å². The Hall–Kier alpha value is -3.50. The minimum absolute atomic E-state index is 0.130. The predicted octanol–water partition coefficient (Wildman–Crippen LogP) is 6.13. The summed E-state index contributed by atoms with van der Waals surface area (Å²) < 4.78 is 0.922. The van der Waals surface area contributed by atoms with Crippen molar-refractivity contribution in [1.29, 1.82) is 0 Å². The van der Waals surface area contributed by atoms with Crippen LogP contribution in [-0.4, -0.2) is 20.7 Å². The van der Waals surface area contributed by atoms with E-state index in [1.54, 1.807) is 0 Å². The smallest absolute Gasteiger partial charge is 0.310 e. The number of carbonyl (C=O) groups is 1. The van der Waals surface area contributed by atoms with Crippen LogP contribution in [0.4, 0.5) is 11.4 Å². The number of halogens is 1. The van der Waals surface area contributed by atoms with Crippen molar-refractivity contribution in [3.63, 3.8) is 0 Å². The fraction of sp³-hybridized carbons (Fsp3) is 0.0455. The molecule has 0 aliphatic rings. The first kappa shape index (κ1) is 23.2. The number of benzene rings is 3. The number of thioether (sulfide) groups is 1. The number of nitro groups is 2. The largest absolute Gasteiger partial charge is 0.502 e. The Balaban J connectivity index is 1.94. The molecule has 10 heteroatoms. The van der Waals surface area contributed by atoms with Crippen molar-refractivity contribution in [2.45, 2.75) is 5.75 Å². The summed E-state index contributed by atoms with van der Waals surface area (Å²) >= 11 is 4.62. The van der Waals surface area contributed by atoms with Gasteiger partial charge in [0.05, 0.1) is 14.8 Å². The molecule has 0 aliphatic heterocycles. The van der Waals surface area contributed by atoms with E-state index >= 15 is 0 Å². The average molecular weight is 515 g/mol. The number of hydrogen-bond donors (Lipinski definition) is 1. The second-order valence-corrected chi connectivity index (χ2v) is 8.49. The van der Waals surface area contributed by atoms with Crippen molar-refractivity contribution in [1.82, 2.24) is 0 Å². The second-order valence-electron chi connectivity index (χ2n) is 6.56. The molecule has 0 amide bonds. The Kier molecular flexibility index (Phi) is 7.39. The predicted molar refractivity (Wildman–Crippen MR) is 126 cm³/mol. The van der Waals surface area contributed by atoms with E-state index in [0.717, 1.165) is 16.1 Å². The number of hydrogen-bond acceptors (Lipinski definition) is 7. The number of rotatable bonds is 8. The minimum Gasteiger partial charge on any atom is -0.502 e. The molecular formula is C22H15BrN2O6S. The third-order valence-electron chi connectivity index (χ3n) is 4.37. The van der Waals surface area contributed by atoms with Crippen LogP contribution in [-0.2, 0) is 5.75 Å². The zero-order valence-corrected chi connectivity index (χ0v) is 18.7. The molecule has 0 heterocycles. The summed E-state index contributed by atoms with van der Waals surface area (Å²) in [6.07, 6.45) is 1.52. The Labute approximate surface area is 195 Å². The third kappa shape index (κ3) is 5.80. The molecule has 0 bridgehead atoms. The van der Waals surface area contributed by atoms with Gasteiger partial charge in [-0.3, -0.25) is 25.0 Å². The number of allylic oxidation sites excluding steroid dienone is 1. The zero-order chi connectivity index (χ0) is 23.3. The lowest BCUT2D eigenvalue weighted by atomic mass is 10.1. The second kappa shape index (κ2) is 10.2. The van der Waals surface area contributed by atoms with Crippen molar-refractivity contribution >= 4 is 50.9 Å². The first-order valence-corrected chi connectivity index (χ1v) is 10.9. The highest BCUT2D eigenvalue weighted by atomic mass is 79.9. The molecule has 0 atom stereocenters. The lowest BCUT2D eigenvalue weighted by Crippen LogP contribution is -2.02. The molecule has 0 aromatic heterocycles. The van der Waals surface area contributed by atoms with Gasteiger partial charge in [0.15, 0.2) is 11.5 Å². The molecule has 162 valence electrons. The Morgan fingerprint density at radius 2 is 1.62 bits per heavy atom. The van der Waals surface area contributed by atoms with Crippen molar-refractivity contribution in [2.24, 2.45) is 0 Å². The summed E-state index contributed by atoms with van der Waals surface area (Å²) in [6, 6.07) is 16.6. The highest BCUT2D eigenvalue weighted by Crippen LogP contribution is 2.31. The van der Waals surface area contributed by atoms with Gasteiger partial charge in [-0.2, -0.15) is 0 Å². The first-order chi connectivity index (χ1) is 15.2. The number of Topliss-reactive ketones (excluding diaryl/α,β-unsaturated/α-hetero) is 1. The fourth-order valence-corrected chi connectivity index (χ4v) is 3.97. The summed E-state index contributed by atoms with van der Waals surface area (Å²) in [5, 5.41) is 31.7. The van der Waals surface area contributed by atoms with Crippen LogP contribution in [0.2, 0.25) is 0 Å². The SMILES string of the molecule is O=C(/C(=C\c1ccc([N+](=O)[O-])c(O)c1)SCc1ccc(Br)cc1)c1ccc([N+](=O)[O-])cc1. The summed E-state index contributed by atoms with van der Waals surface area (Å²) in [6.45, 7) is 0. The van der Waals surface area contributed by atoms with Gasteiger partial charge in [-0.1, -0.05) is 28.1 Å². The normalized spacial score (nSPS) is 11.2. The van der Waals surface area contributed by atoms with Gasteiger partial charge in [-0.25, -0.2) is 0 Å². The molecule has 3 rings (SSSR count). The molecule has 0 unspecified atom stereocenters. The number of aromatic hydroxyl groups is 1. The Morgan fingerprint density at radius 3 is 2.19 bits per heavy atom. The number of ketones is 1. The molecule has 0 fully saturated rings. The lowest BCUT2D eigenvalue weighted by Gasteiger charge is -2.08. The molecule has 1 N–H and O–H groups in total. The highest BCUT2D eigenvalue weighted by molar-refractivity contribution is 9.10. The number of phenolic OH excluding ortho intramolecular Hbond substituents is 1. The summed E-state index contributed by atoms with van der Waals surface area (Å²) in [5.41, 5.74) is 1.06. The third-order valence-corrected chi connectivity index (χ3v) is 5.99. The van der Waals surface area contributed by atoms with Crippen molar-refractivity contribution in [3.8, 4) is 5.75 Å². The average Bonchev–Trinajstić information content (AvgIpc) is 2.77. The van der Waals surface area contributed by atoms with Crippen molar-refractivity contribution in [2.75, 3.05) is 0 Å². The van der Waals surface area contributed by atoms with E-state index in [-0.39, 0.29) is 17.0 Å². The van der Waals surface area contributed by atoms with Crippen molar-refractivity contribution < 1.29 is 19.7 Å². The molecule has 32 heavy (non-hydrogen) atoms. The van der Waals surface area contributed by atoms with Gasteiger partial charge in [0.25, 0.3) is 5.69 Å². The van der Waals surface area contributed by atoms with E-state index in [4.69, 9.17) is 0 Å². The maximum atomic E-state index is 13.1. The summed E-state index contributed by atoms with van der Waals surface area (Å²) in [7, 11) is 0. The van der Waals surface area contributed by atoms with Gasteiger partial charge in [0, 0.05) is 34.0 Å². The van der Waals surface area contributed by atoms with Crippen LogP contribution in [0.15, 0.2) is 76.1 Å². The number of nitro benzene ring substituents is 2. The molecule has 3 aromatic carbocycles. The number of nitrogens with zero attached hydrogens (tertiary/aromatic N) is 2. The Bertz CT molecular complexity index is 1210. The monoisotopic (exact) mass is 514 g/mol. The molecule has 3 aromatic rings. The molecule has 0 saturated heterocycles. The van der Waals surface area contributed by atoms with Crippen LogP contribution in [0.3, 0.4) is 0 Å². The van der Waals surface area contributed by atoms with E-state index in [1.165, 1.54) is 54.2 Å². The van der Waals surface area contributed by atoms with Gasteiger partial charge in [0.2, 0.25) is 0 Å². The van der Waals surface area contributed by atoms with Gasteiger partial charge >= 0.3 is 5.69 Å². The van der Waals surface area contributed by atoms with Gasteiger partial charge in [-0.15, -0.1) is 11.8 Å². The molecule has 8 nitrogen and oxygen atoms in total. The van der Waals surface area contributed by atoms with Crippen LogP contribution in [0.5, 0.6) is 5.75 Å². The van der Waals surface area contributed by atoms with Gasteiger partial charge in [0.1, 0.15) is 0 Å². The first-order valence-electron chi connectivity index (χ1n) is 9.10. The molecule has 0 spiro atoms. The van der Waals surface area contributed by atoms with E-state index in [9.17, 15) is 30.1 Å². The molecular weight excluding hydrogens is 500 g/mol. The number of phenols is 1. The standard InChI is InChI=1S/C22H15BrN2O6S/c23-17-6-1-14(2-7-17)13-32-21(12-15-3-10-19(25(30)31)20(26)11-15)22(27)16-4-8-18(9-5-16)24(28)29/h1-12,26H,13H2/b21-12+. The quantitative estimate of drug-likeness (QED) is 0.166. The lowest BCUT2D eigenvalue weighted by molar-refractivity contribution is -0.385. The van der Waals surface area contributed by atoms with Crippen LogP contribution in [0.25, 0.3) is 6.08 Å². The van der Waals surface area contributed by atoms with Gasteiger partial charge < -0.3 is 5.11 Å². The molecule has 0 saturated carbocycles. The fourth-order valence-electron chi connectivity index (χ4n) is 2.73. The Morgan fingerprint density at radius 1 is 0.969 bits per heavy atom. The number of non-ortho nitro benzene ring substituents is 1. The van der Waals surface area contributed by atoms with Crippen LogP contribution >= 0.6 is 27.7 Å². The zero-order valence-electron chi connectivity index (χ0n) is 16.3. The summed E-state index contributed by atoms with van der Waals surface area (Å²) in [4.78, 5) is 34.0. The van der Waals surface area contributed by atoms with Crippen LogP contribution in [0.1, 0.15) is 21.5 Å². The molecule has 0 aliphatic carbocycles. The summed E-state index contributed by atoms with van der Waals surface area (Å²) in [5.74, 6) is -0.403. The van der Waals surface area contributed by atoms with Crippen LogP contribution < -0.4 is 0 Å². The van der Waals surface area contributed by atoms with E-state index < -0.39 is 21.3 Å². The highest BCUT2D eigenvalue weighted by Gasteiger charge is 2.17. The van der Waals surface area contributed by atoms with E-state index in [0.29, 0.717) is 16.2 Å². The topological polar surface area (TPSA) is 124 Å². The minimum atomic E-state index is -0.700. The van der Waals surface area contributed by atoms with Crippen molar-refractivity contribution in [3.05, 3.63) is 113 Å². The molecule has 0 radical (unpaired) electrons. The van der Waals surface area contributed by atoms with E-state index in [1.807, 2.05) is 24.3 Å². The maximum absolute atomic E-state index is 13.1. The van der Waals surface area contributed by atoms with E-state index in [2.05, 4.69) is 15.9 Å². The maximum Gasteiger partial charge on any atom is 0.310 e. The van der Waals surface area contributed by atoms with Crippen LogP contribution in [0, 0.1) is 20.2 Å². The number of carbonyl (C=O) groups excluding carboxylic acids is 1.